The van der Waals surface area contributed by atoms with Crippen molar-refractivity contribution in [2.24, 2.45) is 0 Å². The third-order valence-corrected chi connectivity index (χ3v) is 4.33. The summed E-state index contributed by atoms with van der Waals surface area (Å²) in [5.74, 6) is 0.975. The van der Waals surface area contributed by atoms with Gasteiger partial charge in [-0.1, -0.05) is 30.3 Å². The van der Waals surface area contributed by atoms with Crippen molar-refractivity contribution in [1.29, 1.82) is 0 Å². The summed E-state index contributed by atoms with van der Waals surface area (Å²) in [5.41, 5.74) is 6.23. The summed E-state index contributed by atoms with van der Waals surface area (Å²) in [4.78, 5) is 11.9. The molecule has 0 spiro atoms. The van der Waals surface area contributed by atoms with Crippen molar-refractivity contribution >= 4 is 5.91 Å². The Balaban J connectivity index is 1.93. The summed E-state index contributed by atoms with van der Waals surface area (Å²) in [6.45, 7) is 6.10. The maximum atomic E-state index is 11.9. The van der Waals surface area contributed by atoms with Crippen molar-refractivity contribution in [3.05, 3.63) is 54.1 Å². The lowest BCUT2D eigenvalue weighted by Gasteiger charge is -2.25. The van der Waals surface area contributed by atoms with E-state index in [9.17, 15) is 4.79 Å². The van der Waals surface area contributed by atoms with Crippen LogP contribution < -0.4 is 10.2 Å². The summed E-state index contributed by atoms with van der Waals surface area (Å²) >= 11 is 0. The number of amides is 1. The first-order chi connectivity index (χ1) is 11.4. The largest absolute Gasteiger partial charge is 0.491 e. The molecule has 3 rings (SSSR count). The van der Waals surface area contributed by atoms with Crippen LogP contribution >= 0.6 is 0 Å². The fourth-order valence-electron chi connectivity index (χ4n) is 3.12. The predicted molar refractivity (Wildman–Crippen MR) is 95.5 cm³/mol. The minimum atomic E-state index is -0.367. The normalized spacial score (nSPS) is 20.7. The minimum absolute atomic E-state index is 0.107. The molecule has 0 aliphatic carbocycles. The standard InChI is InChI=1S/C20H24N2O2/c1-14(2)24-18-10-6-8-16(12-18)15-7-5-9-17(11-15)20(3)13-19(23)22(4)21-20/h5-12,14,21H,13H2,1-4H3. The fraction of sp³-hybridized carbons (Fsp3) is 0.350. The Morgan fingerprint density at radius 2 is 1.79 bits per heavy atom. The quantitative estimate of drug-likeness (QED) is 0.932. The van der Waals surface area contributed by atoms with E-state index < -0.39 is 0 Å². The summed E-state index contributed by atoms with van der Waals surface area (Å²) in [6, 6.07) is 16.5. The molecule has 0 radical (unpaired) electrons. The minimum Gasteiger partial charge on any atom is -0.491 e. The maximum absolute atomic E-state index is 11.9. The number of ether oxygens (including phenoxy) is 1. The van der Waals surface area contributed by atoms with Gasteiger partial charge in [0.2, 0.25) is 5.91 Å². The summed E-state index contributed by atoms with van der Waals surface area (Å²) in [6.07, 6.45) is 0.610. The number of carbonyl (C=O) groups is 1. The number of nitrogens with zero attached hydrogens (tertiary/aromatic N) is 1. The molecule has 24 heavy (non-hydrogen) atoms. The van der Waals surface area contributed by atoms with Gasteiger partial charge in [0.15, 0.2) is 0 Å². The zero-order valence-electron chi connectivity index (χ0n) is 14.7. The van der Waals surface area contributed by atoms with Crippen LogP contribution in [0.15, 0.2) is 48.5 Å². The van der Waals surface area contributed by atoms with E-state index in [2.05, 4.69) is 42.7 Å². The lowest BCUT2D eigenvalue weighted by atomic mass is 9.88. The Kier molecular flexibility index (Phi) is 4.33. The van der Waals surface area contributed by atoms with E-state index in [0.29, 0.717) is 6.42 Å². The van der Waals surface area contributed by atoms with Gasteiger partial charge in [0.05, 0.1) is 18.1 Å². The summed E-state index contributed by atoms with van der Waals surface area (Å²) in [7, 11) is 1.77. The monoisotopic (exact) mass is 324 g/mol. The first-order valence-electron chi connectivity index (χ1n) is 8.29. The number of benzene rings is 2. The van der Waals surface area contributed by atoms with E-state index in [4.69, 9.17) is 4.74 Å². The van der Waals surface area contributed by atoms with Crippen molar-refractivity contribution < 1.29 is 9.53 Å². The highest BCUT2D eigenvalue weighted by Gasteiger charge is 2.38. The molecule has 0 bridgehead atoms. The average molecular weight is 324 g/mol. The Morgan fingerprint density at radius 3 is 2.42 bits per heavy atom. The molecule has 1 unspecified atom stereocenters. The molecular weight excluding hydrogens is 300 g/mol. The molecule has 2 aromatic rings. The molecule has 1 atom stereocenters. The lowest BCUT2D eigenvalue weighted by Crippen LogP contribution is -2.40. The topological polar surface area (TPSA) is 41.6 Å². The molecule has 1 fully saturated rings. The van der Waals surface area contributed by atoms with Gasteiger partial charge in [-0.05, 0) is 55.7 Å². The molecule has 1 heterocycles. The van der Waals surface area contributed by atoms with Gasteiger partial charge in [-0.2, -0.15) is 0 Å². The van der Waals surface area contributed by atoms with Crippen LogP contribution in [0.4, 0.5) is 0 Å². The first kappa shape index (κ1) is 16.5. The van der Waals surface area contributed by atoms with Crippen LogP contribution in [-0.2, 0) is 10.3 Å². The van der Waals surface area contributed by atoms with Crippen molar-refractivity contribution in [1.82, 2.24) is 10.4 Å². The number of hydrogen-bond donors (Lipinski definition) is 1. The van der Waals surface area contributed by atoms with Gasteiger partial charge in [0, 0.05) is 7.05 Å². The van der Waals surface area contributed by atoms with Crippen LogP contribution in [0.25, 0.3) is 11.1 Å². The van der Waals surface area contributed by atoms with E-state index in [1.54, 1.807) is 12.1 Å². The Hall–Kier alpha value is -2.33. The van der Waals surface area contributed by atoms with Crippen LogP contribution in [0.2, 0.25) is 0 Å². The number of hydrazine groups is 1. The second-order valence-corrected chi connectivity index (χ2v) is 6.85. The highest BCUT2D eigenvalue weighted by molar-refractivity contribution is 5.79. The zero-order chi connectivity index (χ0) is 17.3. The van der Waals surface area contributed by atoms with Crippen molar-refractivity contribution in [3.63, 3.8) is 0 Å². The van der Waals surface area contributed by atoms with E-state index in [0.717, 1.165) is 22.4 Å². The molecular formula is C20H24N2O2. The molecule has 1 N–H and O–H groups in total. The van der Waals surface area contributed by atoms with Gasteiger partial charge in [-0.3, -0.25) is 9.80 Å². The molecule has 1 aliphatic rings. The Bertz CT molecular complexity index is 757. The fourth-order valence-corrected chi connectivity index (χ4v) is 3.12. The predicted octanol–water partition coefficient (Wildman–Crippen LogP) is 3.72. The van der Waals surface area contributed by atoms with Crippen molar-refractivity contribution in [2.75, 3.05) is 7.05 Å². The highest BCUT2D eigenvalue weighted by Crippen LogP contribution is 2.33. The Morgan fingerprint density at radius 1 is 1.12 bits per heavy atom. The molecule has 0 aromatic heterocycles. The van der Waals surface area contributed by atoms with Crippen molar-refractivity contribution in [3.8, 4) is 16.9 Å². The van der Waals surface area contributed by atoms with Crippen molar-refractivity contribution in [2.45, 2.75) is 38.8 Å². The molecule has 0 saturated carbocycles. The first-order valence-corrected chi connectivity index (χ1v) is 8.29. The molecule has 2 aromatic carbocycles. The lowest BCUT2D eigenvalue weighted by molar-refractivity contribution is -0.128. The van der Waals surface area contributed by atoms with Gasteiger partial charge in [0.25, 0.3) is 0 Å². The third-order valence-electron chi connectivity index (χ3n) is 4.33. The van der Waals surface area contributed by atoms with E-state index in [-0.39, 0.29) is 17.6 Å². The number of rotatable bonds is 4. The van der Waals surface area contributed by atoms with Crippen LogP contribution in [0.5, 0.6) is 5.75 Å². The van der Waals surface area contributed by atoms with E-state index in [1.807, 2.05) is 32.0 Å². The van der Waals surface area contributed by atoms with E-state index in [1.165, 1.54) is 0 Å². The highest BCUT2D eigenvalue weighted by atomic mass is 16.5. The molecule has 1 aliphatic heterocycles. The molecule has 126 valence electrons. The molecule has 4 nitrogen and oxygen atoms in total. The van der Waals surface area contributed by atoms with Gasteiger partial charge >= 0.3 is 0 Å². The van der Waals surface area contributed by atoms with Gasteiger partial charge < -0.3 is 4.74 Å². The molecule has 1 saturated heterocycles. The van der Waals surface area contributed by atoms with Gasteiger partial charge in [0.1, 0.15) is 5.75 Å². The zero-order valence-corrected chi connectivity index (χ0v) is 14.7. The SMILES string of the molecule is CC(C)Oc1cccc(-c2cccc(C3(C)CC(=O)N(C)N3)c2)c1. The van der Waals surface area contributed by atoms with Crippen LogP contribution in [-0.4, -0.2) is 24.1 Å². The summed E-state index contributed by atoms with van der Waals surface area (Å²) < 4.78 is 5.79. The average Bonchev–Trinajstić information content (AvgIpc) is 2.81. The second kappa shape index (κ2) is 6.29. The van der Waals surface area contributed by atoms with Gasteiger partial charge in [-0.15, -0.1) is 0 Å². The number of carbonyl (C=O) groups excluding carboxylic acids is 1. The number of nitrogens with one attached hydrogen (secondary N) is 1. The van der Waals surface area contributed by atoms with Gasteiger partial charge in [-0.25, -0.2) is 5.43 Å². The van der Waals surface area contributed by atoms with Crippen LogP contribution in [0.3, 0.4) is 0 Å². The Labute approximate surface area is 143 Å². The smallest absolute Gasteiger partial charge is 0.238 e. The van der Waals surface area contributed by atoms with Crippen LogP contribution in [0.1, 0.15) is 32.8 Å². The molecule has 4 heteroatoms. The van der Waals surface area contributed by atoms with Crippen LogP contribution in [0, 0.1) is 0 Å². The maximum Gasteiger partial charge on any atom is 0.238 e. The third kappa shape index (κ3) is 3.29. The number of hydrogen-bond acceptors (Lipinski definition) is 3. The van der Waals surface area contributed by atoms with E-state index >= 15 is 0 Å². The summed E-state index contributed by atoms with van der Waals surface area (Å²) in [5, 5.41) is 1.57. The molecule has 1 amide bonds. The second-order valence-electron chi connectivity index (χ2n) is 6.85.